The molecule has 128 valence electrons. The molecule has 1 saturated heterocycles. The lowest BCUT2D eigenvalue weighted by molar-refractivity contribution is 0.405. The van der Waals surface area contributed by atoms with Crippen LogP contribution in [0.4, 0.5) is 5.69 Å². The van der Waals surface area contributed by atoms with Gasteiger partial charge in [0.25, 0.3) is 0 Å². The Balaban J connectivity index is 1.94. The highest BCUT2D eigenvalue weighted by atomic mass is 32.1. The van der Waals surface area contributed by atoms with Gasteiger partial charge in [0.1, 0.15) is 0 Å². The monoisotopic (exact) mass is 334 g/mol. The van der Waals surface area contributed by atoms with Crippen molar-refractivity contribution < 1.29 is 0 Å². The van der Waals surface area contributed by atoms with Crippen LogP contribution >= 0.6 is 12.2 Å². The van der Waals surface area contributed by atoms with E-state index in [9.17, 15) is 0 Å². The van der Waals surface area contributed by atoms with Crippen LogP contribution in [0, 0.1) is 0 Å². The van der Waals surface area contributed by atoms with Gasteiger partial charge in [-0.15, -0.1) is 0 Å². The van der Waals surface area contributed by atoms with Crippen LogP contribution in [0.5, 0.6) is 0 Å². The summed E-state index contributed by atoms with van der Waals surface area (Å²) >= 11 is 5.51. The van der Waals surface area contributed by atoms with Gasteiger partial charge in [0.15, 0.2) is 5.11 Å². The van der Waals surface area contributed by atoms with Gasteiger partial charge < -0.3 is 20.0 Å². The molecular weight excluding hydrogens is 304 g/mol. The number of piperidine rings is 1. The zero-order valence-corrected chi connectivity index (χ0v) is 15.5. The molecule has 0 saturated carbocycles. The summed E-state index contributed by atoms with van der Waals surface area (Å²) in [5.74, 6) is 0. The molecule has 1 aliphatic rings. The molecule has 1 N–H and O–H groups in total. The Hall–Kier alpha value is -1.33. The molecule has 1 aromatic rings. The van der Waals surface area contributed by atoms with Crippen molar-refractivity contribution in [2.75, 3.05) is 52.2 Å². The van der Waals surface area contributed by atoms with Crippen molar-refractivity contribution in [3.05, 3.63) is 29.8 Å². The van der Waals surface area contributed by atoms with Crippen LogP contribution in [-0.4, -0.2) is 62.2 Å². The second kappa shape index (κ2) is 9.08. The fraction of sp³-hybridized carbons (Fsp3) is 0.611. The molecule has 23 heavy (non-hydrogen) atoms. The molecule has 0 aliphatic carbocycles. The maximum absolute atomic E-state index is 5.51. The summed E-state index contributed by atoms with van der Waals surface area (Å²) in [4.78, 5) is 6.81. The SMILES string of the molecule is CN(C)CCNC(=S)N(C)Cc1ccccc1N1CCCCC1. The predicted octanol–water partition coefficient (Wildman–Crippen LogP) is 2.54. The molecule has 1 aliphatic heterocycles. The van der Waals surface area contributed by atoms with E-state index >= 15 is 0 Å². The first-order chi connectivity index (χ1) is 11.1. The number of rotatable bonds is 6. The third-order valence-electron chi connectivity index (χ3n) is 4.28. The van der Waals surface area contributed by atoms with Crippen LogP contribution in [0.15, 0.2) is 24.3 Å². The van der Waals surface area contributed by atoms with Crippen molar-refractivity contribution in [3.63, 3.8) is 0 Å². The number of likely N-dealkylation sites (N-methyl/N-ethyl adjacent to an activating group) is 1. The Bertz CT molecular complexity index is 498. The van der Waals surface area contributed by atoms with Gasteiger partial charge in [0.2, 0.25) is 0 Å². The van der Waals surface area contributed by atoms with E-state index in [1.165, 1.54) is 43.6 Å². The van der Waals surface area contributed by atoms with E-state index < -0.39 is 0 Å². The first kappa shape index (κ1) is 18.0. The summed E-state index contributed by atoms with van der Waals surface area (Å²) in [5, 5.41) is 4.15. The normalized spacial score (nSPS) is 14.9. The molecule has 5 heteroatoms. The molecular formula is C18H30N4S. The van der Waals surface area contributed by atoms with Crippen LogP contribution in [0.25, 0.3) is 0 Å². The number of nitrogens with one attached hydrogen (secondary N) is 1. The topological polar surface area (TPSA) is 21.8 Å². The minimum absolute atomic E-state index is 0.820. The summed E-state index contributed by atoms with van der Waals surface area (Å²) in [6.07, 6.45) is 3.96. The molecule has 0 atom stereocenters. The van der Waals surface area contributed by atoms with Crippen molar-refractivity contribution >= 4 is 23.0 Å². The number of hydrogen-bond donors (Lipinski definition) is 1. The molecule has 0 unspecified atom stereocenters. The summed E-state index contributed by atoms with van der Waals surface area (Å²) in [6.45, 7) is 5.06. The summed E-state index contributed by atoms with van der Waals surface area (Å²) in [6, 6.07) is 8.74. The Morgan fingerprint density at radius 1 is 1.13 bits per heavy atom. The zero-order valence-electron chi connectivity index (χ0n) is 14.7. The molecule has 1 fully saturated rings. The van der Waals surface area contributed by atoms with Crippen molar-refractivity contribution in [1.82, 2.24) is 15.1 Å². The van der Waals surface area contributed by atoms with Crippen molar-refractivity contribution in [3.8, 4) is 0 Å². The second-order valence-electron chi connectivity index (χ2n) is 6.57. The number of para-hydroxylation sites is 1. The molecule has 0 radical (unpaired) electrons. The fourth-order valence-electron chi connectivity index (χ4n) is 2.94. The standard InChI is InChI=1S/C18H30N4S/c1-20(2)14-11-19-18(23)21(3)15-16-9-5-6-10-17(16)22-12-7-4-8-13-22/h5-6,9-10H,4,7-8,11-15H2,1-3H3,(H,19,23). The highest BCUT2D eigenvalue weighted by molar-refractivity contribution is 7.80. The summed E-state index contributed by atoms with van der Waals surface area (Å²) < 4.78 is 0. The van der Waals surface area contributed by atoms with Gasteiger partial charge >= 0.3 is 0 Å². The molecule has 4 nitrogen and oxygen atoms in total. The van der Waals surface area contributed by atoms with Crippen LogP contribution in [0.3, 0.4) is 0 Å². The Kier molecular flexibility index (Phi) is 7.12. The lowest BCUT2D eigenvalue weighted by atomic mass is 10.1. The third kappa shape index (κ3) is 5.66. The van der Waals surface area contributed by atoms with Crippen LogP contribution in [0.1, 0.15) is 24.8 Å². The molecule has 2 rings (SSSR count). The van der Waals surface area contributed by atoms with Crippen molar-refractivity contribution in [2.24, 2.45) is 0 Å². The summed E-state index contributed by atoms with van der Waals surface area (Å²) in [5.41, 5.74) is 2.73. The third-order valence-corrected chi connectivity index (χ3v) is 4.73. The minimum atomic E-state index is 0.820. The summed E-state index contributed by atoms with van der Waals surface area (Å²) in [7, 11) is 6.21. The second-order valence-corrected chi connectivity index (χ2v) is 6.95. The fourth-order valence-corrected chi connectivity index (χ4v) is 3.10. The zero-order chi connectivity index (χ0) is 16.7. The maximum atomic E-state index is 5.51. The Morgan fingerprint density at radius 3 is 2.52 bits per heavy atom. The van der Waals surface area contributed by atoms with E-state index in [0.29, 0.717) is 0 Å². The van der Waals surface area contributed by atoms with Gasteiger partial charge in [0.05, 0.1) is 0 Å². The first-order valence-electron chi connectivity index (χ1n) is 8.54. The van der Waals surface area contributed by atoms with Gasteiger partial charge in [-0.05, 0) is 57.2 Å². The van der Waals surface area contributed by atoms with E-state index in [4.69, 9.17) is 12.2 Å². The average molecular weight is 335 g/mol. The number of thiocarbonyl (C=S) groups is 1. The van der Waals surface area contributed by atoms with Gasteiger partial charge in [0, 0.05) is 45.5 Å². The smallest absolute Gasteiger partial charge is 0.169 e. The van der Waals surface area contributed by atoms with Crippen molar-refractivity contribution in [2.45, 2.75) is 25.8 Å². The van der Waals surface area contributed by atoms with E-state index in [0.717, 1.165) is 24.7 Å². The maximum Gasteiger partial charge on any atom is 0.169 e. The number of benzene rings is 1. The van der Waals surface area contributed by atoms with E-state index in [-0.39, 0.29) is 0 Å². The van der Waals surface area contributed by atoms with E-state index in [1.807, 2.05) is 0 Å². The number of hydrogen-bond acceptors (Lipinski definition) is 3. The molecule has 0 aromatic heterocycles. The minimum Gasteiger partial charge on any atom is -0.371 e. The van der Waals surface area contributed by atoms with Gasteiger partial charge in [-0.2, -0.15) is 0 Å². The predicted molar refractivity (Wildman–Crippen MR) is 103 cm³/mol. The largest absolute Gasteiger partial charge is 0.371 e. The van der Waals surface area contributed by atoms with Gasteiger partial charge in [-0.25, -0.2) is 0 Å². The highest BCUT2D eigenvalue weighted by Crippen LogP contribution is 2.25. The molecule has 1 aromatic carbocycles. The molecule has 0 spiro atoms. The van der Waals surface area contributed by atoms with E-state index in [1.54, 1.807) is 0 Å². The average Bonchev–Trinajstić information content (AvgIpc) is 2.55. The Morgan fingerprint density at radius 2 is 1.83 bits per heavy atom. The van der Waals surface area contributed by atoms with Gasteiger partial charge in [-0.3, -0.25) is 0 Å². The van der Waals surface area contributed by atoms with Gasteiger partial charge in [-0.1, -0.05) is 18.2 Å². The van der Waals surface area contributed by atoms with Crippen LogP contribution < -0.4 is 10.2 Å². The van der Waals surface area contributed by atoms with Crippen LogP contribution in [0.2, 0.25) is 0 Å². The molecule has 0 bridgehead atoms. The first-order valence-corrected chi connectivity index (χ1v) is 8.95. The lowest BCUT2D eigenvalue weighted by Crippen LogP contribution is -2.40. The molecule has 1 heterocycles. The quantitative estimate of drug-likeness (QED) is 0.805. The van der Waals surface area contributed by atoms with Crippen LogP contribution in [-0.2, 0) is 6.54 Å². The highest BCUT2D eigenvalue weighted by Gasteiger charge is 2.15. The Labute approximate surface area is 146 Å². The number of anilines is 1. The molecule has 0 amide bonds. The lowest BCUT2D eigenvalue weighted by Gasteiger charge is -2.32. The van der Waals surface area contributed by atoms with E-state index in [2.05, 4.69) is 65.4 Å². The van der Waals surface area contributed by atoms with Crippen molar-refractivity contribution in [1.29, 1.82) is 0 Å². The number of nitrogens with zero attached hydrogens (tertiary/aromatic N) is 3.